The quantitative estimate of drug-likeness (QED) is 0.0684. The van der Waals surface area contributed by atoms with E-state index in [1.165, 1.54) is 100 Å². The number of carbonyl (C=O) groups is 2. The van der Waals surface area contributed by atoms with E-state index in [-0.39, 0.29) is 5.41 Å². The molecule has 0 spiro atoms. The molecule has 0 saturated heterocycles. The molecule has 3 nitrogen and oxygen atoms in total. The topological polar surface area (TPSA) is 54.4 Å². The Morgan fingerprint density at radius 1 is 0.821 bits per heavy atom. The summed E-state index contributed by atoms with van der Waals surface area (Å²) in [6, 6.07) is 0. The van der Waals surface area contributed by atoms with E-state index in [2.05, 4.69) is 58.1 Å². The summed E-state index contributed by atoms with van der Waals surface area (Å²) >= 11 is 0. The van der Waals surface area contributed by atoms with Crippen LogP contribution in [0.25, 0.3) is 0 Å². The second kappa shape index (κ2) is 20.7. The van der Waals surface area contributed by atoms with E-state index in [4.69, 9.17) is 5.11 Å². The minimum Gasteiger partial charge on any atom is -0.481 e. The van der Waals surface area contributed by atoms with E-state index in [0.717, 1.165) is 43.1 Å². The lowest BCUT2D eigenvalue weighted by Gasteiger charge is -2.32. The molecule has 0 aromatic carbocycles. The Kier molecular flexibility index (Phi) is 18.5. The third kappa shape index (κ3) is 16.5. The zero-order chi connectivity index (χ0) is 28.9. The molecule has 0 saturated carbocycles. The van der Waals surface area contributed by atoms with Gasteiger partial charge in [-0.2, -0.15) is 0 Å². The summed E-state index contributed by atoms with van der Waals surface area (Å²) in [5.74, 6) is -0.674. The highest BCUT2D eigenvalue weighted by Gasteiger charge is 2.26. The molecule has 220 valence electrons. The fourth-order valence-electron chi connectivity index (χ4n) is 5.62. The van der Waals surface area contributed by atoms with Crippen LogP contribution in [0.2, 0.25) is 0 Å². The summed E-state index contributed by atoms with van der Waals surface area (Å²) in [6.07, 6.45) is 32.5. The standard InChI is InChI=1S/C36H58O3/c1-30(26-27-34-32(3)23-20-28-36(34,4)5)21-19-22-31(2)33(29-37)24-17-15-13-11-9-7-6-8-10-12-14-16-18-25-35(38)39/h19,21-22,26-27,29H,6-18,20,23-25,28H2,1-5H3,(H,38,39). The number of carboxylic acids is 1. The molecule has 1 aliphatic rings. The molecule has 0 aromatic rings. The van der Waals surface area contributed by atoms with Crippen molar-refractivity contribution in [2.45, 2.75) is 150 Å². The molecule has 0 atom stereocenters. The van der Waals surface area contributed by atoms with Crippen molar-refractivity contribution in [3.05, 3.63) is 58.2 Å². The Balaban J connectivity index is 2.22. The summed E-state index contributed by atoms with van der Waals surface area (Å²) in [7, 11) is 0. The molecule has 0 heterocycles. The molecular weight excluding hydrogens is 480 g/mol. The Morgan fingerprint density at radius 2 is 1.33 bits per heavy atom. The monoisotopic (exact) mass is 538 g/mol. The van der Waals surface area contributed by atoms with E-state index in [9.17, 15) is 9.59 Å². The molecule has 0 unspecified atom stereocenters. The van der Waals surface area contributed by atoms with E-state index in [0.29, 0.717) is 6.42 Å². The molecule has 0 fully saturated rings. The fraction of sp³-hybridized carbons (Fsp3) is 0.667. The van der Waals surface area contributed by atoms with Crippen molar-refractivity contribution in [3.63, 3.8) is 0 Å². The summed E-state index contributed by atoms with van der Waals surface area (Å²) in [6.45, 7) is 11.2. The zero-order valence-corrected chi connectivity index (χ0v) is 26.0. The Labute approximate surface area is 240 Å². The summed E-state index contributed by atoms with van der Waals surface area (Å²) in [5, 5.41) is 8.64. The van der Waals surface area contributed by atoms with Gasteiger partial charge in [-0.1, -0.05) is 126 Å². The predicted molar refractivity (Wildman–Crippen MR) is 168 cm³/mol. The van der Waals surface area contributed by atoms with Gasteiger partial charge in [-0.25, -0.2) is 0 Å². The largest absolute Gasteiger partial charge is 0.481 e. The maximum atomic E-state index is 11.7. The van der Waals surface area contributed by atoms with Crippen molar-refractivity contribution in [1.29, 1.82) is 0 Å². The fourth-order valence-corrected chi connectivity index (χ4v) is 5.62. The first kappa shape index (κ1) is 34.9. The van der Waals surface area contributed by atoms with Gasteiger partial charge in [0.25, 0.3) is 0 Å². The van der Waals surface area contributed by atoms with Crippen LogP contribution in [0, 0.1) is 5.41 Å². The molecular formula is C36H58O3. The molecule has 0 amide bonds. The van der Waals surface area contributed by atoms with Gasteiger partial charge < -0.3 is 5.11 Å². The van der Waals surface area contributed by atoms with Gasteiger partial charge in [0.15, 0.2) is 0 Å². The van der Waals surface area contributed by atoms with Gasteiger partial charge in [-0.05, 0) is 81.4 Å². The van der Waals surface area contributed by atoms with Gasteiger partial charge in [-0.3, -0.25) is 9.59 Å². The van der Waals surface area contributed by atoms with E-state index >= 15 is 0 Å². The van der Waals surface area contributed by atoms with Crippen molar-refractivity contribution in [3.8, 4) is 0 Å². The number of rotatable bonds is 21. The third-order valence-corrected chi connectivity index (χ3v) is 8.25. The second-order valence-electron chi connectivity index (χ2n) is 12.4. The number of carboxylic acid groups (broad SMARTS) is 1. The minimum atomic E-state index is -0.674. The highest BCUT2D eigenvalue weighted by Crippen LogP contribution is 2.40. The highest BCUT2D eigenvalue weighted by atomic mass is 16.4. The van der Waals surface area contributed by atoms with Gasteiger partial charge in [-0.15, -0.1) is 0 Å². The maximum absolute atomic E-state index is 11.7. The van der Waals surface area contributed by atoms with Crippen molar-refractivity contribution < 1.29 is 14.7 Å². The Morgan fingerprint density at radius 3 is 1.82 bits per heavy atom. The molecule has 39 heavy (non-hydrogen) atoms. The normalized spacial score (nSPS) is 16.8. The SMILES string of the molecule is CC(C=CC1=C(C)CCCC1(C)C)=CC=CC(C)=C(C=O)CCCCCCCCCCCCCCCC(=O)O. The number of unbranched alkanes of at least 4 members (excludes halogenated alkanes) is 12. The first-order chi connectivity index (χ1) is 18.7. The summed E-state index contributed by atoms with van der Waals surface area (Å²) in [4.78, 5) is 22.2. The minimum absolute atomic E-state index is 0.264. The molecule has 1 N–H and O–H groups in total. The average Bonchev–Trinajstić information content (AvgIpc) is 2.87. The van der Waals surface area contributed by atoms with E-state index in [1.807, 2.05) is 6.92 Å². The summed E-state index contributed by atoms with van der Waals surface area (Å²) < 4.78 is 0. The van der Waals surface area contributed by atoms with Gasteiger partial charge in [0.05, 0.1) is 0 Å². The number of aliphatic carboxylic acids is 1. The molecule has 0 aromatic heterocycles. The first-order valence-corrected chi connectivity index (χ1v) is 15.8. The van der Waals surface area contributed by atoms with Crippen LogP contribution in [0.1, 0.15) is 150 Å². The van der Waals surface area contributed by atoms with Gasteiger partial charge in [0.1, 0.15) is 6.29 Å². The molecule has 1 aliphatic carbocycles. The zero-order valence-electron chi connectivity index (χ0n) is 26.0. The average molecular weight is 539 g/mol. The van der Waals surface area contributed by atoms with Crippen LogP contribution in [0.15, 0.2) is 58.2 Å². The van der Waals surface area contributed by atoms with Crippen LogP contribution < -0.4 is 0 Å². The van der Waals surface area contributed by atoms with Crippen molar-refractivity contribution >= 4 is 12.3 Å². The number of hydrogen-bond acceptors (Lipinski definition) is 2. The lowest BCUT2D eigenvalue weighted by Crippen LogP contribution is -2.19. The number of hydrogen-bond donors (Lipinski definition) is 1. The number of allylic oxidation sites excluding steroid dienone is 10. The first-order valence-electron chi connectivity index (χ1n) is 15.8. The molecule has 0 aliphatic heterocycles. The van der Waals surface area contributed by atoms with Crippen LogP contribution in [-0.2, 0) is 9.59 Å². The molecule has 0 radical (unpaired) electrons. The third-order valence-electron chi connectivity index (χ3n) is 8.25. The Hall–Kier alpha value is -2.16. The van der Waals surface area contributed by atoms with Crippen LogP contribution in [-0.4, -0.2) is 17.4 Å². The van der Waals surface area contributed by atoms with Gasteiger partial charge >= 0.3 is 5.97 Å². The second-order valence-corrected chi connectivity index (χ2v) is 12.4. The number of aldehydes is 1. The van der Waals surface area contributed by atoms with E-state index in [1.54, 1.807) is 0 Å². The molecule has 1 rings (SSSR count). The molecule has 0 bridgehead atoms. The summed E-state index contributed by atoms with van der Waals surface area (Å²) in [5.41, 5.74) is 6.51. The van der Waals surface area contributed by atoms with Crippen molar-refractivity contribution in [2.75, 3.05) is 0 Å². The highest BCUT2D eigenvalue weighted by molar-refractivity contribution is 5.75. The van der Waals surface area contributed by atoms with Crippen LogP contribution in [0.3, 0.4) is 0 Å². The Bertz CT molecular complexity index is 879. The van der Waals surface area contributed by atoms with Crippen LogP contribution >= 0.6 is 0 Å². The van der Waals surface area contributed by atoms with E-state index < -0.39 is 5.97 Å². The van der Waals surface area contributed by atoms with Crippen molar-refractivity contribution in [1.82, 2.24) is 0 Å². The van der Waals surface area contributed by atoms with Crippen LogP contribution in [0.4, 0.5) is 0 Å². The van der Waals surface area contributed by atoms with Crippen molar-refractivity contribution in [2.24, 2.45) is 5.41 Å². The lowest BCUT2D eigenvalue weighted by atomic mass is 9.72. The predicted octanol–water partition coefficient (Wildman–Crippen LogP) is 11.0. The lowest BCUT2D eigenvalue weighted by molar-refractivity contribution is -0.137. The maximum Gasteiger partial charge on any atom is 0.303 e. The van der Waals surface area contributed by atoms with Gasteiger partial charge in [0.2, 0.25) is 0 Å². The van der Waals surface area contributed by atoms with Crippen LogP contribution in [0.5, 0.6) is 0 Å². The smallest absolute Gasteiger partial charge is 0.303 e. The molecule has 3 heteroatoms. The van der Waals surface area contributed by atoms with Gasteiger partial charge in [0, 0.05) is 6.42 Å². The number of carbonyl (C=O) groups excluding carboxylic acids is 1.